The van der Waals surface area contributed by atoms with Crippen LogP contribution in [-0.2, 0) is 9.59 Å². The molecule has 0 spiro atoms. The van der Waals surface area contributed by atoms with Crippen LogP contribution in [0.25, 0.3) is 0 Å². The second-order valence-corrected chi connectivity index (χ2v) is 3.70. The largest absolute Gasteiger partial charge is 0.478 e. The standard InChI is InChI=1S/C12H14N2O3/c1-7-6-10(4-5-13-7)14-11(15)8(2)9(3)12(16)17/h4-6H,1-3H3,(H,16,17)(H,13,14,15). The predicted octanol–water partition coefficient (Wildman–Crippen LogP) is 1.75. The van der Waals surface area contributed by atoms with E-state index in [1.165, 1.54) is 13.8 Å². The Labute approximate surface area is 99.2 Å². The lowest BCUT2D eigenvalue weighted by Crippen LogP contribution is -2.16. The molecule has 0 aliphatic rings. The van der Waals surface area contributed by atoms with Gasteiger partial charge in [-0.05, 0) is 32.9 Å². The van der Waals surface area contributed by atoms with Gasteiger partial charge in [-0.25, -0.2) is 4.79 Å². The van der Waals surface area contributed by atoms with Gasteiger partial charge in [0.25, 0.3) is 5.91 Å². The molecule has 5 nitrogen and oxygen atoms in total. The minimum atomic E-state index is -1.09. The summed E-state index contributed by atoms with van der Waals surface area (Å²) in [4.78, 5) is 26.4. The van der Waals surface area contributed by atoms with Crippen LogP contribution in [0.5, 0.6) is 0 Å². The summed E-state index contributed by atoms with van der Waals surface area (Å²) in [7, 11) is 0. The van der Waals surface area contributed by atoms with Gasteiger partial charge < -0.3 is 10.4 Å². The van der Waals surface area contributed by atoms with Crippen LogP contribution in [0.15, 0.2) is 29.5 Å². The third-order valence-electron chi connectivity index (χ3n) is 2.38. The smallest absolute Gasteiger partial charge is 0.331 e. The van der Waals surface area contributed by atoms with E-state index in [4.69, 9.17) is 5.11 Å². The molecule has 0 saturated carbocycles. The van der Waals surface area contributed by atoms with Crippen molar-refractivity contribution in [1.29, 1.82) is 0 Å². The van der Waals surface area contributed by atoms with Crippen molar-refractivity contribution < 1.29 is 14.7 Å². The summed E-state index contributed by atoms with van der Waals surface area (Å²) in [5, 5.41) is 11.4. The first kappa shape index (κ1) is 12.9. The summed E-state index contributed by atoms with van der Waals surface area (Å²) in [5.74, 6) is -1.51. The molecule has 1 heterocycles. The van der Waals surface area contributed by atoms with E-state index in [9.17, 15) is 9.59 Å². The Bertz CT molecular complexity index is 492. The van der Waals surface area contributed by atoms with Crippen molar-refractivity contribution in [3.05, 3.63) is 35.2 Å². The first-order valence-corrected chi connectivity index (χ1v) is 5.06. The van der Waals surface area contributed by atoms with E-state index in [0.29, 0.717) is 5.69 Å². The van der Waals surface area contributed by atoms with Crippen LogP contribution in [0.4, 0.5) is 5.69 Å². The zero-order valence-electron chi connectivity index (χ0n) is 9.94. The highest BCUT2D eigenvalue weighted by Crippen LogP contribution is 2.11. The first-order valence-electron chi connectivity index (χ1n) is 5.06. The Kier molecular flexibility index (Phi) is 3.98. The zero-order chi connectivity index (χ0) is 13.0. The van der Waals surface area contributed by atoms with E-state index in [-0.39, 0.29) is 11.1 Å². The quantitative estimate of drug-likeness (QED) is 0.781. The maximum Gasteiger partial charge on any atom is 0.331 e. The number of aryl methyl sites for hydroxylation is 1. The Morgan fingerprint density at radius 2 is 1.94 bits per heavy atom. The van der Waals surface area contributed by atoms with Gasteiger partial charge in [0.15, 0.2) is 0 Å². The SMILES string of the molecule is CC(C(=O)O)=C(C)C(=O)Nc1ccnc(C)c1. The topological polar surface area (TPSA) is 79.3 Å². The fraction of sp³-hybridized carbons (Fsp3) is 0.250. The molecule has 1 aromatic rings. The molecule has 0 radical (unpaired) electrons. The Hall–Kier alpha value is -2.17. The number of carbonyl (C=O) groups is 2. The molecule has 90 valence electrons. The van der Waals surface area contributed by atoms with Gasteiger partial charge in [-0.3, -0.25) is 9.78 Å². The number of aromatic nitrogens is 1. The fourth-order valence-electron chi connectivity index (χ4n) is 1.18. The minimum Gasteiger partial charge on any atom is -0.478 e. The van der Waals surface area contributed by atoms with Gasteiger partial charge in [-0.2, -0.15) is 0 Å². The minimum absolute atomic E-state index is 0.0354. The molecule has 0 aliphatic carbocycles. The summed E-state index contributed by atoms with van der Waals surface area (Å²) in [6, 6.07) is 3.36. The normalized spacial score (nSPS) is 11.7. The number of nitrogens with zero attached hydrogens (tertiary/aromatic N) is 1. The van der Waals surface area contributed by atoms with Gasteiger partial charge in [0.05, 0.1) is 0 Å². The van der Waals surface area contributed by atoms with Gasteiger partial charge >= 0.3 is 5.97 Å². The van der Waals surface area contributed by atoms with Crippen LogP contribution in [0, 0.1) is 6.92 Å². The second kappa shape index (κ2) is 5.25. The van der Waals surface area contributed by atoms with Crippen LogP contribution in [0.2, 0.25) is 0 Å². The molecule has 5 heteroatoms. The number of carbonyl (C=O) groups excluding carboxylic acids is 1. The van der Waals surface area contributed by atoms with Crippen LogP contribution in [0.3, 0.4) is 0 Å². The van der Waals surface area contributed by atoms with E-state index < -0.39 is 11.9 Å². The lowest BCUT2D eigenvalue weighted by molar-refractivity contribution is -0.133. The van der Waals surface area contributed by atoms with Crippen LogP contribution < -0.4 is 5.32 Å². The average molecular weight is 234 g/mol. The summed E-state index contributed by atoms with van der Waals surface area (Å²) >= 11 is 0. The maximum atomic E-state index is 11.7. The number of carboxylic acid groups (broad SMARTS) is 1. The van der Waals surface area contributed by atoms with E-state index in [2.05, 4.69) is 10.3 Å². The van der Waals surface area contributed by atoms with Crippen molar-refractivity contribution in [3.63, 3.8) is 0 Å². The Morgan fingerprint density at radius 3 is 2.47 bits per heavy atom. The second-order valence-electron chi connectivity index (χ2n) is 3.70. The van der Waals surface area contributed by atoms with E-state index >= 15 is 0 Å². The number of hydrogen-bond acceptors (Lipinski definition) is 3. The van der Waals surface area contributed by atoms with E-state index in [1.807, 2.05) is 0 Å². The molecule has 0 aliphatic heterocycles. The number of carboxylic acids is 1. The lowest BCUT2D eigenvalue weighted by Gasteiger charge is -2.07. The molecule has 0 fully saturated rings. The molecule has 0 unspecified atom stereocenters. The fourth-order valence-corrected chi connectivity index (χ4v) is 1.18. The maximum absolute atomic E-state index is 11.7. The summed E-state index contributed by atoms with van der Waals surface area (Å²) in [6.45, 7) is 4.68. The van der Waals surface area contributed by atoms with Crippen molar-refractivity contribution in [2.24, 2.45) is 0 Å². The lowest BCUT2D eigenvalue weighted by atomic mass is 10.1. The van der Waals surface area contributed by atoms with Crippen molar-refractivity contribution in [2.75, 3.05) is 5.32 Å². The third-order valence-corrected chi connectivity index (χ3v) is 2.38. The van der Waals surface area contributed by atoms with Gasteiger partial charge in [-0.15, -0.1) is 0 Å². The molecular formula is C12H14N2O3. The number of pyridine rings is 1. The molecule has 1 rings (SSSR count). The van der Waals surface area contributed by atoms with E-state index in [0.717, 1.165) is 5.69 Å². The van der Waals surface area contributed by atoms with Gasteiger partial charge in [-0.1, -0.05) is 0 Å². The van der Waals surface area contributed by atoms with Gasteiger partial charge in [0.1, 0.15) is 0 Å². The number of rotatable bonds is 3. The van der Waals surface area contributed by atoms with Crippen LogP contribution in [-0.4, -0.2) is 22.0 Å². The van der Waals surface area contributed by atoms with Crippen molar-refractivity contribution in [2.45, 2.75) is 20.8 Å². The highest BCUT2D eigenvalue weighted by Gasteiger charge is 2.12. The molecule has 1 amide bonds. The molecule has 0 aromatic carbocycles. The summed E-state index contributed by atoms with van der Waals surface area (Å²) in [5.41, 5.74) is 1.60. The predicted molar refractivity (Wildman–Crippen MR) is 63.6 cm³/mol. The molecular weight excluding hydrogens is 220 g/mol. The number of hydrogen-bond donors (Lipinski definition) is 2. The summed E-state index contributed by atoms with van der Waals surface area (Å²) in [6.07, 6.45) is 1.58. The highest BCUT2D eigenvalue weighted by molar-refractivity contribution is 6.08. The number of aliphatic carboxylic acids is 1. The molecule has 0 bridgehead atoms. The van der Waals surface area contributed by atoms with Gasteiger partial charge in [0, 0.05) is 28.7 Å². The van der Waals surface area contributed by atoms with Crippen LogP contribution >= 0.6 is 0 Å². The third kappa shape index (κ3) is 3.41. The molecule has 0 saturated heterocycles. The molecule has 2 N–H and O–H groups in total. The number of anilines is 1. The first-order chi connectivity index (χ1) is 7.91. The zero-order valence-corrected chi connectivity index (χ0v) is 9.94. The van der Waals surface area contributed by atoms with Crippen molar-refractivity contribution >= 4 is 17.6 Å². The average Bonchev–Trinajstić information content (AvgIpc) is 2.26. The Morgan fingerprint density at radius 1 is 1.29 bits per heavy atom. The monoisotopic (exact) mass is 234 g/mol. The van der Waals surface area contributed by atoms with Crippen molar-refractivity contribution in [1.82, 2.24) is 4.98 Å². The Balaban J connectivity index is 2.87. The van der Waals surface area contributed by atoms with Crippen LogP contribution in [0.1, 0.15) is 19.5 Å². The van der Waals surface area contributed by atoms with Crippen molar-refractivity contribution in [3.8, 4) is 0 Å². The number of amides is 1. The number of nitrogens with one attached hydrogen (secondary N) is 1. The summed E-state index contributed by atoms with van der Waals surface area (Å²) < 4.78 is 0. The van der Waals surface area contributed by atoms with Gasteiger partial charge in [0.2, 0.25) is 0 Å². The molecule has 0 atom stereocenters. The molecule has 1 aromatic heterocycles. The molecule has 17 heavy (non-hydrogen) atoms. The highest BCUT2D eigenvalue weighted by atomic mass is 16.4. The van der Waals surface area contributed by atoms with E-state index in [1.54, 1.807) is 25.3 Å².